The van der Waals surface area contributed by atoms with Gasteiger partial charge < -0.3 is 25.0 Å². The summed E-state index contributed by atoms with van der Waals surface area (Å²) in [4.78, 5) is 53.4. The number of esters is 1. The van der Waals surface area contributed by atoms with Crippen molar-refractivity contribution in [3.05, 3.63) is 34.9 Å². The van der Waals surface area contributed by atoms with Gasteiger partial charge in [0, 0.05) is 13.1 Å². The van der Waals surface area contributed by atoms with Gasteiger partial charge in [0.15, 0.2) is 0 Å². The molecule has 0 aliphatic rings. The highest BCUT2D eigenvalue weighted by Gasteiger charge is 2.34. The molecule has 0 aromatic heterocycles. The fraction of sp³-hybridized carbons (Fsp3) is 0.677. The highest BCUT2D eigenvalue weighted by Crippen LogP contribution is 2.26. The first kappa shape index (κ1) is 34.9. The molecule has 40 heavy (non-hydrogen) atoms. The van der Waals surface area contributed by atoms with Crippen LogP contribution in [0.25, 0.3) is 0 Å². The van der Waals surface area contributed by atoms with E-state index in [1.165, 1.54) is 0 Å². The van der Waals surface area contributed by atoms with E-state index in [1.54, 1.807) is 39.5 Å². The number of carbonyl (C=O) groups is 4. The van der Waals surface area contributed by atoms with Gasteiger partial charge in [0.25, 0.3) is 0 Å². The van der Waals surface area contributed by atoms with Gasteiger partial charge in [-0.05, 0) is 60.5 Å². The predicted molar refractivity (Wildman–Crippen MR) is 157 cm³/mol. The molecule has 0 aliphatic heterocycles. The van der Waals surface area contributed by atoms with Gasteiger partial charge in [0.1, 0.15) is 17.7 Å². The Morgan fingerprint density at radius 3 is 2.10 bits per heavy atom. The van der Waals surface area contributed by atoms with Crippen molar-refractivity contribution in [2.45, 2.75) is 118 Å². The van der Waals surface area contributed by atoms with E-state index in [0.717, 1.165) is 43.2 Å². The Labute approximate surface area is 240 Å². The highest BCUT2D eigenvalue weighted by molar-refractivity contribution is 5.92. The molecular formula is C31H51N3O6. The van der Waals surface area contributed by atoms with E-state index < -0.39 is 35.7 Å². The standard InChI is InChI=1S/C31H51N3O6/c1-9-11-12-13-14-15-18-34(29(37)24(5)33-30(38)40-31(6,7)8)27(25-20-22(3)19-23(4)21-25)28(36)32-17-16-26(35)39-10-2/h19-21,24,27H,9-18H2,1-8H3,(H,32,36)(H,33,38). The minimum Gasteiger partial charge on any atom is -0.466 e. The SMILES string of the molecule is CCCCCCCCN(C(=O)C(C)NC(=O)OC(C)(C)C)C(C(=O)NCCC(=O)OCC)c1cc(C)cc(C)c1. The highest BCUT2D eigenvalue weighted by atomic mass is 16.6. The minimum absolute atomic E-state index is 0.0289. The van der Waals surface area contributed by atoms with Crippen molar-refractivity contribution in [2.75, 3.05) is 19.7 Å². The van der Waals surface area contributed by atoms with Gasteiger partial charge in [-0.25, -0.2) is 4.79 Å². The first-order chi connectivity index (χ1) is 18.8. The van der Waals surface area contributed by atoms with Crippen LogP contribution < -0.4 is 10.6 Å². The molecule has 3 amide bonds. The van der Waals surface area contributed by atoms with Crippen LogP contribution in [0.4, 0.5) is 4.79 Å². The summed E-state index contributed by atoms with van der Waals surface area (Å²) in [6.45, 7) is 15.3. The molecule has 0 heterocycles. The van der Waals surface area contributed by atoms with Crippen molar-refractivity contribution in [1.82, 2.24) is 15.5 Å². The lowest BCUT2D eigenvalue weighted by atomic mass is 9.98. The van der Waals surface area contributed by atoms with Crippen molar-refractivity contribution >= 4 is 23.9 Å². The molecule has 0 spiro atoms. The maximum Gasteiger partial charge on any atom is 0.408 e. The second-order valence-electron chi connectivity index (χ2n) is 11.3. The fourth-order valence-electron chi connectivity index (χ4n) is 4.48. The van der Waals surface area contributed by atoms with Crippen LogP contribution in [0, 0.1) is 13.8 Å². The van der Waals surface area contributed by atoms with Gasteiger partial charge in [-0.3, -0.25) is 14.4 Å². The summed E-state index contributed by atoms with van der Waals surface area (Å²) < 4.78 is 10.3. The van der Waals surface area contributed by atoms with Gasteiger partial charge in [-0.2, -0.15) is 0 Å². The summed E-state index contributed by atoms with van der Waals surface area (Å²) in [5, 5.41) is 5.46. The molecule has 0 saturated carbocycles. The van der Waals surface area contributed by atoms with Crippen molar-refractivity contribution in [3.63, 3.8) is 0 Å². The van der Waals surface area contributed by atoms with Gasteiger partial charge >= 0.3 is 12.1 Å². The molecule has 0 radical (unpaired) electrons. The van der Waals surface area contributed by atoms with E-state index in [2.05, 4.69) is 17.6 Å². The summed E-state index contributed by atoms with van der Waals surface area (Å²) in [6.07, 6.45) is 5.42. The number of nitrogens with zero attached hydrogens (tertiary/aromatic N) is 1. The molecule has 0 fully saturated rings. The molecule has 2 atom stereocenters. The number of hydrogen-bond donors (Lipinski definition) is 2. The third-order valence-electron chi connectivity index (χ3n) is 6.19. The zero-order valence-corrected chi connectivity index (χ0v) is 25.9. The zero-order chi connectivity index (χ0) is 30.3. The van der Waals surface area contributed by atoms with Gasteiger partial charge in [-0.15, -0.1) is 0 Å². The molecule has 2 unspecified atom stereocenters. The monoisotopic (exact) mass is 561 g/mol. The molecule has 1 aromatic carbocycles. The topological polar surface area (TPSA) is 114 Å². The molecular weight excluding hydrogens is 510 g/mol. The number of nitrogens with one attached hydrogen (secondary N) is 2. The Morgan fingerprint density at radius 1 is 0.925 bits per heavy atom. The molecule has 0 bridgehead atoms. The lowest BCUT2D eigenvalue weighted by molar-refractivity contribution is -0.144. The molecule has 0 aliphatic carbocycles. The van der Waals surface area contributed by atoms with E-state index in [-0.39, 0.29) is 25.5 Å². The molecule has 9 nitrogen and oxygen atoms in total. The van der Waals surface area contributed by atoms with Crippen molar-refractivity contribution in [2.24, 2.45) is 0 Å². The van der Waals surface area contributed by atoms with Crippen LogP contribution in [0.5, 0.6) is 0 Å². The van der Waals surface area contributed by atoms with Crippen LogP contribution in [0.1, 0.15) is 109 Å². The fourth-order valence-corrected chi connectivity index (χ4v) is 4.48. The van der Waals surface area contributed by atoms with Crippen LogP contribution in [0.2, 0.25) is 0 Å². The van der Waals surface area contributed by atoms with Crippen molar-refractivity contribution < 1.29 is 28.7 Å². The second-order valence-corrected chi connectivity index (χ2v) is 11.3. The minimum atomic E-state index is -0.938. The first-order valence-electron chi connectivity index (χ1n) is 14.6. The molecule has 226 valence electrons. The Bertz CT molecular complexity index is 952. The maximum absolute atomic E-state index is 13.9. The van der Waals surface area contributed by atoms with E-state index in [9.17, 15) is 19.2 Å². The Kier molecular flexibility index (Phi) is 15.3. The molecule has 1 aromatic rings. The normalized spacial score (nSPS) is 12.7. The molecule has 2 N–H and O–H groups in total. The van der Waals surface area contributed by atoms with E-state index in [0.29, 0.717) is 18.5 Å². The average molecular weight is 562 g/mol. The number of amides is 3. The Hall–Kier alpha value is -3.10. The van der Waals surface area contributed by atoms with E-state index in [4.69, 9.17) is 9.47 Å². The largest absolute Gasteiger partial charge is 0.466 e. The van der Waals surface area contributed by atoms with Crippen LogP contribution in [-0.4, -0.2) is 60.1 Å². The van der Waals surface area contributed by atoms with Crippen LogP contribution in [-0.2, 0) is 23.9 Å². The number of carbonyl (C=O) groups excluding carboxylic acids is 4. The molecule has 9 heteroatoms. The number of unbranched alkanes of at least 4 members (excludes halogenated alkanes) is 5. The van der Waals surface area contributed by atoms with Crippen molar-refractivity contribution in [3.8, 4) is 0 Å². The summed E-state index contributed by atoms with van der Waals surface area (Å²) >= 11 is 0. The third-order valence-corrected chi connectivity index (χ3v) is 6.19. The van der Waals surface area contributed by atoms with Crippen LogP contribution in [0.3, 0.4) is 0 Å². The summed E-state index contributed by atoms with van der Waals surface area (Å²) in [6, 6.07) is 3.94. The average Bonchev–Trinajstić information content (AvgIpc) is 2.83. The smallest absolute Gasteiger partial charge is 0.408 e. The summed E-state index contributed by atoms with van der Waals surface area (Å²) in [7, 11) is 0. The summed E-state index contributed by atoms with van der Waals surface area (Å²) in [5.41, 5.74) is 1.89. The number of hydrogen-bond acceptors (Lipinski definition) is 6. The number of alkyl carbamates (subject to hydrolysis) is 1. The number of ether oxygens (including phenoxy) is 2. The van der Waals surface area contributed by atoms with Crippen LogP contribution in [0.15, 0.2) is 18.2 Å². The number of benzene rings is 1. The maximum atomic E-state index is 13.9. The van der Waals surface area contributed by atoms with E-state index in [1.807, 2.05) is 32.0 Å². The Morgan fingerprint density at radius 2 is 1.52 bits per heavy atom. The van der Waals surface area contributed by atoms with Gasteiger partial charge in [0.05, 0.1) is 13.0 Å². The zero-order valence-electron chi connectivity index (χ0n) is 25.9. The summed E-state index contributed by atoms with van der Waals surface area (Å²) in [5.74, 6) is -1.18. The van der Waals surface area contributed by atoms with Gasteiger partial charge in [-0.1, -0.05) is 68.4 Å². The van der Waals surface area contributed by atoms with Gasteiger partial charge in [0.2, 0.25) is 11.8 Å². The third kappa shape index (κ3) is 13.3. The molecule has 0 saturated heterocycles. The van der Waals surface area contributed by atoms with Crippen molar-refractivity contribution in [1.29, 1.82) is 0 Å². The number of aryl methyl sites for hydroxylation is 2. The lowest BCUT2D eigenvalue weighted by Gasteiger charge is -2.34. The quantitative estimate of drug-likeness (QED) is 0.203. The lowest BCUT2D eigenvalue weighted by Crippen LogP contribution is -2.52. The molecule has 1 rings (SSSR count). The number of rotatable bonds is 16. The Balaban J connectivity index is 3.30. The van der Waals surface area contributed by atoms with Crippen LogP contribution >= 0.6 is 0 Å². The first-order valence-corrected chi connectivity index (χ1v) is 14.6. The van der Waals surface area contributed by atoms with E-state index >= 15 is 0 Å². The predicted octanol–water partition coefficient (Wildman–Crippen LogP) is 5.52. The second kappa shape index (κ2) is 17.6.